The maximum atomic E-state index is 13.0. The Morgan fingerprint density at radius 2 is 1.51 bits per heavy atom. The van der Waals surface area contributed by atoms with Crippen molar-refractivity contribution in [3.05, 3.63) is 114 Å². The average Bonchev–Trinajstić information content (AvgIpc) is 2.93. The summed E-state index contributed by atoms with van der Waals surface area (Å²) in [6, 6.07) is 27.7. The van der Waals surface area contributed by atoms with Crippen LogP contribution in [0.1, 0.15) is 24.1 Å². The molecule has 4 rings (SSSR count). The van der Waals surface area contributed by atoms with Crippen molar-refractivity contribution in [2.75, 3.05) is 11.9 Å². The van der Waals surface area contributed by atoms with E-state index in [1.165, 1.54) is 0 Å². The number of amides is 3. The first kappa shape index (κ1) is 25.2. The van der Waals surface area contributed by atoms with Gasteiger partial charge >= 0.3 is 6.03 Å². The quantitative estimate of drug-likeness (QED) is 0.271. The van der Waals surface area contributed by atoms with Crippen molar-refractivity contribution in [1.29, 1.82) is 0 Å². The summed E-state index contributed by atoms with van der Waals surface area (Å²) in [6.07, 6.45) is 1.62. The standard InChI is InChI=1S/C29H28N4O4/c1-2-36-24-15-9-10-16-25(24)37-26-18-17-21(19-30-26)20-31-29(35)33-27(22-11-5-3-6-12-22)28(34)32-23-13-7-4-8-14-23/h3-19,27H,2,20H2,1H3,(H,32,34)(H2,31,33,35). The molecule has 1 heterocycles. The molecule has 0 saturated carbocycles. The lowest BCUT2D eigenvalue weighted by atomic mass is 10.1. The number of anilines is 1. The maximum absolute atomic E-state index is 13.0. The van der Waals surface area contributed by atoms with E-state index in [0.29, 0.717) is 35.2 Å². The normalized spacial score (nSPS) is 11.2. The minimum atomic E-state index is -0.874. The second-order valence-electron chi connectivity index (χ2n) is 8.01. The van der Waals surface area contributed by atoms with E-state index < -0.39 is 12.1 Å². The number of carbonyl (C=O) groups is 2. The van der Waals surface area contributed by atoms with Crippen LogP contribution in [-0.4, -0.2) is 23.5 Å². The smallest absolute Gasteiger partial charge is 0.315 e. The third-order valence-electron chi connectivity index (χ3n) is 5.33. The van der Waals surface area contributed by atoms with Crippen LogP contribution in [0.15, 0.2) is 103 Å². The molecule has 37 heavy (non-hydrogen) atoms. The van der Waals surface area contributed by atoms with E-state index in [9.17, 15) is 9.59 Å². The molecule has 0 spiro atoms. The van der Waals surface area contributed by atoms with Crippen molar-refractivity contribution in [1.82, 2.24) is 15.6 Å². The molecule has 8 nitrogen and oxygen atoms in total. The topological polar surface area (TPSA) is 102 Å². The third kappa shape index (κ3) is 7.32. The van der Waals surface area contributed by atoms with Crippen molar-refractivity contribution >= 4 is 17.6 Å². The van der Waals surface area contributed by atoms with Crippen molar-refractivity contribution in [3.63, 3.8) is 0 Å². The zero-order valence-corrected chi connectivity index (χ0v) is 20.4. The summed E-state index contributed by atoms with van der Waals surface area (Å²) in [6.45, 7) is 2.65. The van der Waals surface area contributed by atoms with Crippen molar-refractivity contribution in [2.45, 2.75) is 19.5 Å². The fraction of sp³-hybridized carbons (Fsp3) is 0.138. The van der Waals surface area contributed by atoms with Gasteiger partial charge in [-0.2, -0.15) is 0 Å². The van der Waals surface area contributed by atoms with Gasteiger partial charge in [-0.15, -0.1) is 0 Å². The number of nitrogens with one attached hydrogen (secondary N) is 3. The second-order valence-corrected chi connectivity index (χ2v) is 8.01. The Kier molecular flexibility index (Phi) is 8.69. The second kappa shape index (κ2) is 12.7. The minimum absolute atomic E-state index is 0.219. The van der Waals surface area contributed by atoms with Gasteiger partial charge in [0.05, 0.1) is 6.61 Å². The molecule has 3 N–H and O–H groups in total. The number of aromatic nitrogens is 1. The Labute approximate surface area is 215 Å². The number of ether oxygens (including phenoxy) is 2. The fourth-order valence-corrected chi connectivity index (χ4v) is 3.54. The minimum Gasteiger partial charge on any atom is -0.490 e. The van der Waals surface area contributed by atoms with Gasteiger partial charge < -0.3 is 25.4 Å². The lowest BCUT2D eigenvalue weighted by Crippen LogP contribution is -2.42. The Morgan fingerprint density at radius 3 is 2.19 bits per heavy atom. The van der Waals surface area contributed by atoms with Gasteiger partial charge in [0.25, 0.3) is 5.91 Å². The zero-order chi connectivity index (χ0) is 25.9. The van der Waals surface area contributed by atoms with E-state index in [4.69, 9.17) is 9.47 Å². The Balaban J connectivity index is 1.35. The molecule has 1 unspecified atom stereocenters. The first-order valence-electron chi connectivity index (χ1n) is 11.9. The highest BCUT2D eigenvalue weighted by Gasteiger charge is 2.22. The molecule has 0 radical (unpaired) electrons. The molecular formula is C29H28N4O4. The fourth-order valence-electron chi connectivity index (χ4n) is 3.54. The summed E-state index contributed by atoms with van der Waals surface area (Å²) in [7, 11) is 0. The molecule has 0 bridgehead atoms. The van der Waals surface area contributed by atoms with Gasteiger partial charge in [-0.25, -0.2) is 9.78 Å². The number of benzene rings is 3. The molecule has 0 saturated heterocycles. The van der Waals surface area contributed by atoms with Gasteiger partial charge in [0, 0.05) is 24.5 Å². The van der Waals surface area contributed by atoms with Crippen molar-refractivity contribution in [3.8, 4) is 17.4 Å². The summed E-state index contributed by atoms with van der Waals surface area (Å²) in [5, 5.41) is 8.39. The molecule has 188 valence electrons. The molecule has 0 aliphatic carbocycles. The number of urea groups is 1. The molecule has 1 aromatic heterocycles. The Hall–Kier alpha value is -4.85. The van der Waals surface area contributed by atoms with E-state index in [0.717, 1.165) is 5.56 Å². The van der Waals surface area contributed by atoms with Crippen LogP contribution in [0.4, 0.5) is 10.5 Å². The van der Waals surface area contributed by atoms with Crippen LogP contribution in [0, 0.1) is 0 Å². The molecule has 4 aromatic rings. The zero-order valence-electron chi connectivity index (χ0n) is 20.4. The van der Waals surface area contributed by atoms with Gasteiger partial charge in [-0.3, -0.25) is 4.79 Å². The van der Waals surface area contributed by atoms with Crippen LogP contribution < -0.4 is 25.4 Å². The lowest BCUT2D eigenvalue weighted by Gasteiger charge is -2.19. The summed E-state index contributed by atoms with van der Waals surface area (Å²) < 4.78 is 11.4. The van der Waals surface area contributed by atoms with Gasteiger partial charge in [0.15, 0.2) is 11.5 Å². The number of carbonyl (C=O) groups excluding carboxylic acids is 2. The number of nitrogens with zero attached hydrogens (tertiary/aromatic N) is 1. The van der Waals surface area contributed by atoms with Gasteiger partial charge in [0.2, 0.25) is 5.88 Å². The Bertz CT molecular complexity index is 1300. The predicted octanol–water partition coefficient (Wildman–Crippen LogP) is 5.45. The average molecular weight is 497 g/mol. The van der Waals surface area contributed by atoms with E-state index in [1.807, 2.05) is 73.7 Å². The molecule has 8 heteroatoms. The predicted molar refractivity (Wildman–Crippen MR) is 142 cm³/mol. The SMILES string of the molecule is CCOc1ccccc1Oc1ccc(CNC(=O)NC(C(=O)Nc2ccccc2)c2ccccc2)cn1. The first-order chi connectivity index (χ1) is 18.1. The largest absolute Gasteiger partial charge is 0.490 e. The van der Waals surface area contributed by atoms with Crippen LogP contribution in [0.2, 0.25) is 0 Å². The maximum Gasteiger partial charge on any atom is 0.315 e. The van der Waals surface area contributed by atoms with Gasteiger partial charge in [-0.1, -0.05) is 66.7 Å². The lowest BCUT2D eigenvalue weighted by molar-refractivity contribution is -0.118. The summed E-state index contributed by atoms with van der Waals surface area (Å²) in [4.78, 5) is 30.0. The van der Waals surface area contributed by atoms with E-state index >= 15 is 0 Å². The number of hydrogen-bond donors (Lipinski definition) is 3. The van der Waals surface area contributed by atoms with E-state index in [-0.39, 0.29) is 12.5 Å². The number of pyridine rings is 1. The number of para-hydroxylation sites is 3. The molecule has 3 aromatic carbocycles. The van der Waals surface area contributed by atoms with Crippen LogP contribution in [-0.2, 0) is 11.3 Å². The third-order valence-corrected chi connectivity index (χ3v) is 5.33. The van der Waals surface area contributed by atoms with Gasteiger partial charge in [-0.05, 0) is 42.3 Å². The summed E-state index contributed by atoms with van der Waals surface area (Å²) in [5.41, 5.74) is 2.08. The Morgan fingerprint density at radius 1 is 0.838 bits per heavy atom. The number of hydrogen-bond acceptors (Lipinski definition) is 5. The molecular weight excluding hydrogens is 468 g/mol. The highest BCUT2D eigenvalue weighted by molar-refractivity contribution is 5.97. The molecule has 0 fully saturated rings. The molecule has 0 aliphatic rings. The van der Waals surface area contributed by atoms with Crippen molar-refractivity contribution in [2.24, 2.45) is 0 Å². The van der Waals surface area contributed by atoms with Crippen LogP contribution in [0.3, 0.4) is 0 Å². The van der Waals surface area contributed by atoms with Crippen LogP contribution >= 0.6 is 0 Å². The first-order valence-corrected chi connectivity index (χ1v) is 11.9. The van der Waals surface area contributed by atoms with Crippen LogP contribution in [0.5, 0.6) is 17.4 Å². The van der Waals surface area contributed by atoms with E-state index in [1.54, 1.807) is 36.5 Å². The van der Waals surface area contributed by atoms with Gasteiger partial charge in [0.1, 0.15) is 6.04 Å². The highest BCUT2D eigenvalue weighted by Crippen LogP contribution is 2.30. The molecule has 1 atom stereocenters. The molecule has 0 aliphatic heterocycles. The monoisotopic (exact) mass is 496 g/mol. The summed E-state index contributed by atoms with van der Waals surface area (Å²) >= 11 is 0. The van der Waals surface area contributed by atoms with Crippen molar-refractivity contribution < 1.29 is 19.1 Å². The summed E-state index contributed by atoms with van der Waals surface area (Å²) in [5.74, 6) is 1.27. The molecule has 3 amide bonds. The van der Waals surface area contributed by atoms with E-state index in [2.05, 4.69) is 20.9 Å². The number of rotatable bonds is 10. The van der Waals surface area contributed by atoms with Crippen LogP contribution in [0.25, 0.3) is 0 Å². The highest BCUT2D eigenvalue weighted by atomic mass is 16.5.